The molecule has 1 aliphatic heterocycles. The maximum atomic E-state index is 13.1. The van der Waals surface area contributed by atoms with E-state index >= 15 is 0 Å². The molecule has 0 amide bonds. The molecule has 154 valence electrons. The lowest BCUT2D eigenvalue weighted by Gasteiger charge is -2.22. The molecule has 0 bridgehead atoms. The van der Waals surface area contributed by atoms with E-state index in [-0.39, 0.29) is 17.5 Å². The Kier molecular flexibility index (Phi) is 5.13. The molecule has 1 aliphatic rings. The SMILES string of the molecule is O=c1[nH]c(SCc2ccc(Cl)cc2)n[n+]2c1-c1ccccc1N[C@@H]2c1ccc(O)cc1. The fourth-order valence-electron chi connectivity index (χ4n) is 3.57. The Balaban J connectivity index is 1.57. The molecule has 2 heterocycles. The molecule has 8 heteroatoms. The monoisotopic (exact) mass is 449 g/mol. The number of rotatable bonds is 4. The predicted molar refractivity (Wildman–Crippen MR) is 121 cm³/mol. The number of hydrogen-bond donors (Lipinski definition) is 3. The van der Waals surface area contributed by atoms with Gasteiger partial charge in [-0.1, -0.05) is 47.6 Å². The van der Waals surface area contributed by atoms with Gasteiger partial charge >= 0.3 is 11.3 Å². The van der Waals surface area contributed by atoms with Crippen LogP contribution in [0.3, 0.4) is 0 Å². The first-order chi connectivity index (χ1) is 15.1. The molecule has 31 heavy (non-hydrogen) atoms. The summed E-state index contributed by atoms with van der Waals surface area (Å²) >= 11 is 7.41. The van der Waals surface area contributed by atoms with Crippen LogP contribution in [0.1, 0.15) is 17.3 Å². The maximum absolute atomic E-state index is 13.1. The van der Waals surface area contributed by atoms with Gasteiger partial charge in [-0.15, -0.1) is 0 Å². The van der Waals surface area contributed by atoms with E-state index in [0.29, 0.717) is 21.6 Å². The number of fused-ring (bicyclic) bond motifs is 3. The Bertz CT molecular complexity index is 1310. The van der Waals surface area contributed by atoms with Crippen molar-refractivity contribution in [3.8, 4) is 17.0 Å². The number of aromatic nitrogens is 3. The first-order valence-electron chi connectivity index (χ1n) is 9.67. The highest BCUT2D eigenvalue weighted by Crippen LogP contribution is 2.32. The molecular formula is C23H18ClN4O2S+. The van der Waals surface area contributed by atoms with Crippen LogP contribution in [-0.2, 0) is 5.75 Å². The fourth-order valence-corrected chi connectivity index (χ4v) is 4.50. The number of H-pyrrole nitrogens is 1. The molecule has 0 radical (unpaired) electrons. The molecule has 0 unspecified atom stereocenters. The van der Waals surface area contributed by atoms with Crippen LogP contribution >= 0.6 is 23.4 Å². The van der Waals surface area contributed by atoms with Gasteiger partial charge in [0.15, 0.2) is 0 Å². The summed E-state index contributed by atoms with van der Waals surface area (Å²) in [5.41, 5.74) is 3.90. The Morgan fingerprint density at radius 2 is 1.77 bits per heavy atom. The topological polar surface area (TPSA) is 81.9 Å². The molecule has 0 fully saturated rings. The van der Waals surface area contributed by atoms with E-state index in [2.05, 4.69) is 10.3 Å². The van der Waals surface area contributed by atoms with Crippen LogP contribution in [0.15, 0.2) is 82.7 Å². The van der Waals surface area contributed by atoms with E-state index in [1.165, 1.54) is 11.8 Å². The highest BCUT2D eigenvalue weighted by atomic mass is 35.5. The van der Waals surface area contributed by atoms with Gasteiger partial charge in [0, 0.05) is 21.4 Å². The number of para-hydroxylation sites is 1. The third-order valence-electron chi connectivity index (χ3n) is 5.08. The van der Waals surface area contributed by atoms with Crippen LogP contribution < -0.4 is 15.6 Å². The van der Waals surface area contributed by atoms with E-state index in [1.54, 1.807) is 16.8 Å². The van der Waals surface area contributed by atoms with Gasteiger partial charge in [-0.25, -0.2) is 0 Å². The summed E-state index contributed by atoms with van der Waals surface area (Å²) in [5.74, 6) is 0.830. The van der Waals surface area contributed by atoms with Crippen molar-refractivity contribution >= 4 is 29.1 Å². The van der Waals surface area contributed by atoms with E-state index in [4.69, 9.17) is 16.7 Å². The van der Waals surface area contributed by atoms with Crippen molar-refractivity contribution in [2.45, 2.75) is 17.1 Å². The molecule has 0 aliphatic carbocycles. The second kappa shape index (κ2) is 8.09. The number of phenolic OH excluding ortho intramolecular Hbond substituents is 1. The second-order valence-electron chi connectivity index (χ2n) is 7.15. The van der Waals surface area contributed by atoms with Gasteiger partial charge in [-0.2, -0.15) is 0 Å². The minimum atomic E-state index is -0.386. The number of anilines is 1. The largest absolute Gasteiger partial charge is 0.508 e. The smallest absolute Gasteiger partial charge is 0.325 e. The number of halogens is 1. The van der Waals surface area contributed by atoms with Gasteiger partial charge in [0.05, 0.1) is 11.3 Å². The molecule has 1 atom stereocenters. The maximum Gasteiger partial charge on any atom is 0.325 e. The lowest BCUT2D eigenvalue weighted by Crippen LogP contribution is -2.55. The van der Waals surface area contributed by atoms with Crippen molar-refractivity contribution in [3.63, 3.8) is 0 Å². The van der Waals surface area contributed by atoms with Crippen LogP contribution in [-0.4, -0.2) is 15.2 Å². The van der Waals surface area contributed by atoms with Gasteiger partial charge in [0.25, 0.3) is 6.17 Å². The molecule has 1 aromatic heterocycles. The van der Waals surface area contributed by atoms with Crippen LogP contribution in [0.4, 0.5) is 5.69 Å². The van der Waals surface area contributed by atoms with Crippen molar-refractivity contribution < 1.29 is 9.79 Å². The third kappa shape index (κ3) is 3.89. The predicted octanol–water partition coefficient (Wildman–Crippen LogP) is 4.35. The highest BCUT2D eigenvalue weighted by Gasteiger charge is 2.37. The zero-order valence-corrected chi connectivity index (χ0v) is 17.8. The Morgan fingerprint density at radius 3 is 2.55 bits per heavy atom. The zero-order valence-electron chi connectivity index (χ0n) is 16.2. The summed E-state index contributed by atoms with van der Waals surface area (Å²) in [6.07, 6.45) is -0.386. The number of benzene rings is 3. The fraction of sp³-hybridized carbons (Fsp3) is 0.0870. The molecule has 5 rings (SSSR count). The average molecular weight is 450 g/mol. The van der Waals surface area contributed by atoms with Gasteiger partial charge < -0.3 is 10.4 Å². The molecular weight excluding hydrogens is 432 g/mol. The molecule has 0 saturated heterocycles. The number of thioether (sulfide) groups is 1. The van der Waals surface area contributed by atoms with Crippen LogP contribution in [0, 0.1) is 0 Å². The molecule has 0 spiro atoms. The Morgan fingerprint density at radius 1 is 1.03 bits per heavy atom. The Hall–Kier alpha value is -3.29. The van der Waals surface area contributed by atoms with Crippen molar-refractivity contribution in [2.75, 3.05) is 5.32 Å². The van der Waals surface area contributed by atoms with E-state index in [9.17, 15) is 9.90 Å². The van der Waals surface area contributed by atoms with Crippen molar-refractivity contribution in [2.24, 2.45) is 0 Å². The number of nitrogens with one attached hydrogen (secondary N) is 2. The van der Waals surface area contributed by atoms with Crippen LogP contribution in [0.5, 0.6) is 5.75 Å². The normalized spacial score (nSPS) is 14.4. The summed E-state index contributed by atoms with van der Waals surface area (Å²) in [6.45, 7) is 0. The first-order valence-corrected chi connectivity index (χ1v) is 11.0. The number of aromatic hydroxyl groups is 1. The van der Waals surface area contributed by atoms with Gasteiger partial charge in [-0.05, 0) is 58.8 Å². The van der Waals surface area contributed by atoms with E-state index < -0.39 is 0 Å². The zero-order chi connectivity index (χ0) is 21.4. The number of aromatic amines is 1. The molecule has 4 aromatic rings. The van der Waals surface area contributed by atoms with E-state index in [0.717, 1.165) is 22.4 Å². The summed E-state index contributed by atoms with van der Waals surface area (Å²) in [7, 11) is 0. The molecule has 3 N–H and O–H groups in total. The Labute approximate surface area is 187 Å². The standard InChI is InChI=1S/C23H17ClN4O2S/c24-16-9-5-14(6-10-16)13-31-23-26-22(30)20-18-3-1-2-4-19(18)25-21(28(20)27-23)15-7-11-17(29)12-8-15/h1-12,21H,13H2,(H2,26,27,29,30)/p+1/t21-/m0/s1. The van der Waals surface area contributed by atoms with Gasteiger partial charge in [-0.3, -0.25) is 9.78 Å². The molecule has 0 saturated carbocycles. The lowest BCUT2D eigenvalue weighted by atomic mass is 10.0. The van der Waals surface area contributed by atoms with Crippen LogP contribution in [0.25, 0.3) is 11.3 Å². The first kappa shape index (κ1) is 19.7. The summed E-state index contributed by atoms with van der Waals surface area (Å²) < 4.78 is 1.72. The third-order valence-corrected chi connectivity index (χ3v) is 6.27. The number of nitrogens with zero attached hydrogens (tertiary/aromatic N) is 2. The van der Waals surface area contributed by atoms with E-state index in [1.807, 2.05) is 60.7 Å². The number of hydrogen-bond acceptors (Lipinski definition) is 5. The van der Waals surface area contributed by atoms with Crippen LogP contribution in [0.2, 0.25) is 5.02 Å². The minimum Gasteiger partial charge on any atom is -0.508 e. The second-order valence-corrected chi connectivity index (χ2v) is 8.55. The van der Waals surface area contributed by atoms with Gasteiger partial charge in [0.1, 0.15) is 5.75 Å². The van der Waals surface area contributed by atoms with Crippen molar-refractivity contribution in [3.05, 3.63) is 99.3 Å². The van der Waals surface area contributed by atoms with Crippen molar-refractivity contribution in [1.82, 2.24) is 10.1 Å². The quantitative estimate of drug-likeness (QED) is 0.319. The highest BCUT2D eigenvalue weighted by molar-refractivity contribution is 7.98. The summed E-state index contributed by atoms with van der Waals surface area (Å²) in [5, 5.41) is 19.1. The minimum absolute atomic E-state index is 0.184. The summed E-state index contributed by atoms with van der Waals surface area (Å²) in [4.78, 5) is 16.0. The average Bonchev–Trinajstić information content (AvgIpc) is 2.78. The molecule has 3 aromatic carbocycles. The summed E-state index contributed by atoms with van der Waals surface area (Å²) in [6, 6.07) is 22.2. The molecule has 6 nitrogen and oxygen atoms in total. The van der Waals surface area contributed by atoms with Crippen molar-refractivity contribution in [1.29, 1.82) is 0 Å². The lowest BCUT2D eigenvalue weighted by molar-refractivity contribution is -0.759. The van der Waals surface area contributed by atoms with Gasteiger partial charge in [0.2, 0.25) is 5.16 Å². The number of phenols is 1.